The van der Waals surface area contributed by atoms with Crippen LogP contribution in [0, 0.1) is 5.92 Å². The third-order valence-electron chi connectivity index (χ3n) is 6.02. The highest BCUT2D eigenvalue weighted by Gasteiger charge is 2.51. The van der Waals surface area contributed by atoms with Gasteiger partial charge in [0.2, 0.25) is 0 Å². The van der Waals surface area contributed by atoms with Crippen molar-refractivity contribution in [2.75, 3.05) is 13.2 Å². The van der Waals surface area contributed by atoms with E-state index in [0.29, 0.717) is 18.7 Å². The Morgan fingerprint density at radius 2 is 2.03 bits per heavy atom. The van der Waals surface area contributed by atoms with E-state index in [9.17, 15) is 9.59 Å². The highest BCUT2D eigenvalue weighted by atomic mass is 79.9. The number of hydrogen-bond acceptors (Lipinski definition) is 4. The van der Waals surface area contributed by atoms with E-state index in [2.05, 4.69) is 15.9 Å². The highest BCUT2D eigenvalue weighted by molar-refractivity contribution is 9.10. The van der Waals surface area contributed by atoms with E-state index in [4.69, 9.17) is 9.47 Å². The SMILES string of the molecule is CC(C)OCCCN1C(=O)C2=C(C(=O)C3CCCCC3O2)C1c1cccc(Br)c1. The Balaban J connectivity index is 1.66. The lowest BCUT2D eigenvalue weighted by Gasteiger charge is -2.35. The highest BCUT2D eigenvalue weighted by Crippen LogP contribution is 2.46. The summed E-state index contributed by atoms with van der Waals surface area (Å²) in [5, 5.41) is 0. The van der Waals surface area contributed by atoms with Crippen LogP contribution in [0.3, 0.4) is 0 Å². The zero-order valence-electron chi connectivity index (χ0n) is 17.0. The lowest BCUT2D eigenvalue weighted by Crippen LogP contribution is -2.39. The molecule has 0 saturated heterocycles. The fourth-order valence-electron chi connectivity index (χ4n) is 4.70. The first-order chi connectivity index (χ1) is 14.0. The summed E-state index contributed by atoms with van der Waals surface area (Å²) < 4.78 is 12.8. The van der Waals surface area contributed by atoms with Crippen molar-refractivity contribution in [2.45, 2.75) is 64.2 Å². The first-order valence-electron chi connectivity index (χ1n) is 10.6. The van der Waals surface area contributed by atoms with Crippen LogP contribution in [0.4, 0.5) is 0 Å². The summed E-state index contributed by atoms with van der Waals surface area (Å²) in [6, 6.07) is 7.49. The molecule has 2 heterocycles. The van der Waals surface area contributed by atoms with Crippen molar-refractivity contribution in [3.05, 3.63) is 45.6 Å². The summed E-state index contributed by atoms with van der Waals surface area (Å²) >= 11 is 3.53. The van der Waals surface area contributed by atoms with Gasteiger partial charge < -0.3 is 14.4 Å². The molecular formula is C23H28BrNO4. The first-order valence-corrected chi connectivity index (χ1v) is 11.4. The van der Waals surface area contributed by atoms with Gasteiger partial charge in [-0.1, -0.05) is 34.5 Å². The second-order valence-corrected chi connectivity index (χ2v) is 9.30. The largest absolute Gasteiger partial charge is 0.483 e. The van der Waals surface area contributed by atoms with Crippen LogP contribution >= 0.6 is 15.9 Å². The number of carbonyl (C=O) groups excluding carboxylic acids is 2. The lowest BCUT2D eigenvalue weighted by atomic mass is 9.77. The third-order valence-corrected chi connectivity index (χ3v) is 6.51. The van der Waals surface area contributed by atoms with Crippen molar-refractivity contribution < 1.29 is 19.1 Å². The molecule has 3 aliphatic rings. The van der Waals surface area contributed by atoms with Crippen LogP contribution < -0.4 is 0 Å². The zero-order valence-corrected chi connectivity index (χ0v) is 18.6. The summed E-state index contributed by atoms with van der Waals surface area (Å²) in [5.74, 6) is 0.115. The van der Waals surface area contributed by atoms with Gasteiger partial charge in [-0.25, -0.2) is 0 Å². The van der Waals surface area contributed by atoms with Gasteiger partial charge in [-0.05, 0) is 57.2 Å². The van der Waals surface area contributed by atoms with Crippen molar-refractivity contribution in [1.29, 1.82) is 0 Å². The van der Waals surface area contributed by atoms with Gasteiger partial charge in [0, 0.05) is 17.6 Å². The molecule has 0 aromatic heterocycles. The van der Waals surface area contributed by atoms with Crippen molar-refractivity contribution in [3.8, 4) is 0 Å². The molecule has 1 aromatic rings. The van der Waals surface area contributed by atoms with Crippen LogP contribution in [-0.2, 0) is 19.1 Å². The van der Waals surface area contributed by atoms with Gasteiger partial charge in [0.1, 0.15) is 6.10 Å². The van der Waals surface area contributed by atoms with E-state index in [1.165, 1.54) is 0 Å². The molecule has 0 spiro atoms. The number of nitrogens with zero attached hydrogens (tertiary/aromatic N) is 1. The lowest BCUT2D eigenvalue weighted by molar-refractivity contribution is -0.135. The molecule has 0 N–H and O–H groups in total. The molecule has 29 heavy (non-hydrogen) atoms. The van der Waals surface area contributed by atoms with Gasteiger partial charge in [0.05, 0.1) is 23.6 Å². The molecule has 5 nitrogen and oxygen atoms in total. The maximum Gasteiger partial charge on any atom is 0.290 e. The number of carbonyl (C=O) groups is 2. The predicted octanol–water partition coefficient (Wildman–Crippen LogP) is 4.56. The Bertz CT molecular complexity index is 834. The standard InChI is InChI=1S/C23H28BrNO4/c1-14(2)28-12-6-11-25-20(15-7-5-8-16(24)13-15)19-21(26)17-9-3-4-10-18(17)29-22(19)23(25)27/h5,7-8,13-14,17-18,20H,3-4,6,9-12H2,1-2H3. The molecule has 3 atom stereocenters. The molecule has 2 aliphatic heterocycles. The summed E-state index contributed by atoms with van der Waals surface area (Å²) in [4.78, 5) is 28.6. The Morgan fingerprint density at radius 3 is 2.79 bits per heavy atom. The van der Waals surface area contributed by atoms with Gasteiger partial charge in [0.25, 0.3) is 5.91 Å². The molecule has 156 valence electrons. The number of hydrogen-bond donors (Lipinski definition) is 0. The normalized spacial score (nSPS) is 26.6. The van der Waals surface area contributed by atoms with E-state index >= 15 is 0 Å². The Hall–Kier alpha value is -1.66. The number of amides is 1. The Labute approximate surface area is 180 Å². The maximum atomic E-state index is 13.5. The average Bonchev–Trinajstić information content (AvgIpc) is 2.98. The van der Waals surface area contributed by atoms with Gasteiger partial charge in [-0.2, -0.15) is 0 Å². The van der Waals surface area contributed by atoms with Crippen molar-refractivity contribution in [2.24, 2.45) is 5.92 Å². The van der Waals surface area contributed by atoms with Gasteiger partial charge in [-0.15, -0.1) is 0 Å². The van der Waals surface area contributed by atoms with Crippen molar-refractivity contribution in [1.82, 2.24) is 4.90 Å². The Morgan fingerprint density at radius 1 is 1.24 bits per heavy atom. The number of ether oxygens (including phenoxy) is 2. The van der Waals surface area contributed by atoms with Gasteiger partial charge >= 0.3 is 0 Å². The zero-order chi connectivity index (χ0) is 20.5. The van der Waals surface area contributed by atoms with Crippen LogP contribution in [0.25, 0.3) is 0 Å². The summed E-state index contributed by atoms with van der Waals surface area (Å²) in [7, 11) is 0. The van der Waals surface area contributed by atoms with E-state index in [-0.39, 0.29) is 41.6 Å². The number of halogens is 1. The van der Waals surface area contributed by atoms with Crippen LogP contribution in [0.1, 0.15) is 57.6 Å². The molecular weight excluding hydrogens is 434 g/mol. The van der Waals surface area contributed by atoms with E-state index < -0.39 is 0 Å². The summed E-state index contributed by atoms with van der Waals surface area (Å²) in [5.41, 5.74) is 1.50. The number of fused-ring (bicyclic) bond motifs is 1. The third kappa shape index (κ3) is 4.02. The fourth-order valence-corrected chi connectivity index (χ4v) is 5.12. The summed E-state index contributed by atoms with van der Waals surface area (Å²) in [6.07, 6.45) is 4.53. The van der Waals surface area contributed by atoms with Gasteiger partial charge in [-0.3, -0.25) is 9.59 Å². The second-order valence-electron chi connectivity index (χ2n) is 8.38. The topological polar surface area (TPSA) is 55.8 Å². The quantitative estimate of drug-likeness (QED) is 0.582. The fraction of sp³-hybridized carbons (Fsp3) is 0.565. The van der Waals surface area contributed by atoms with Gasteiger partial charge in [0.15, 0.2) is 11.5 Å². The number of rotatable bonds is 6. The second kappa shape index (κ2) is 8.60. The maximum absolute atomic E-state index is 13.5. The average molecular weight is 462 g/mol. The minimum absolute atomic E-state index is 0.107. The molecule has 0 bridgehead atoms. The number of benzene rings is 1. The molecule has 6 heteroatoms. The minimum Gasteiger partial charge on any atom is -0.483 e. The molecule has 0 radical (unpaired) electrons. The van der Waals surface area contributed by atoms with Crippen molar-refractivity contribution in [3.63, 3.8) is 0 Å². The molecule has 1 amide bonds. The Kier molecular flexibility index (Phi) is 6.11. The predicted molar refractivity (Wildman–Crippen MR) is 113 cm³/mol. The number of Topliss-reactive ketones (excluding diaryl/α,β-unsaturated/α-hetero) is 1. The minimum atomic E-state index is -0.385. The van der Waals surface area contributed by atoms with E-state index in [1.807, 2.05) is 38.1 Å². The van der Waals surface area contributed by atoms with Crippen LogP contribution in [0.15, 0.2) is 40.1 Å². The monoisotopic (exact) mass is 461 g/mol. The molecule has 1 fully saturated rings. The van der Waals surface area contributed by atoms with Crippen LogP contribution in [-0.4, -0.2) is 41.9 Å². The molecule has 3 unspecified atom stereocenters. The van der Waals surface area contributed by atoms with E-state index in [0.717, 1.165) is 42.1 Å². The molecule has 1 saturated carbocycles. The van der Waals surface area contributed by atoms with Crippen LogP contribution in [0.5, 0.6) is 0 Å². The smallest absolute Gasteiger partial charge is 0.290 e. The molecule has 1 aromatic carbocycles. The summed E-state index contributed by atoms with van der Waals surface area (Å²) in [6.45, 7) is 5.11. The van der Waals surface area contributed by atoms with E-state index in [1.54, 1.807) is 4.90 Å². The first kappa shape index (κ1) is 20.6. The molecule has 1 aliphatic carbocycles. The molecule has 4 rings (SSSR count). The van der Waals surface area contributed by atoms with Crippen LogP contribution in [0.2, 0.25) is 0 Å². The van der Waals surface area contributed by atoms with Crippen molar-refractivity contribution >= 4 is 27.6 Å². The number of ketones is 1.